The SMILES string of the molecule is CC(C)[C@H](C(=O)O)n1ccc2c(nnc3c(-c4ccccc4)cnn32)c1=O. The van der Waals surface area contributed by atoms with E-state index in [2.05, 4.69) is 15.3 Å². The average molecular weight is 363 g/mol. The molecule has 0 unspecified atom stereocenters. The number of fused-ring (bicyclic) bond motifs is 3. The van der Waals surface area contributed by atoms with Crippen LogP contribution in [-0.2, 0) is 4.79 Å². The summed E-state index contributed by atoms with van der Waals surface area (Å²) in [5.41, 5.74) is 2.35. The van der Waals surface area contributed by atoms with Gasteiger partial charge in [0.05, 0.1) is 6.20 Å². The number of rotatable bonds is 4. The Kier molecular flexibility index (Phi) is 3.95. The molecule has 4 aromatic rings. The number of benzene rings is 1. The van der Waals surface area contributed by atoms with Crippen molar-refractivity contribution >= 4 is 22.6 Å². The van der Waals surface area contributed by atoms with Gasteiger partial charge in [-0.2, -0.15) is 5.10 Å². The van der Waals surface area contributed by atoms with E-state index in [1.807, 2.05) is 30.3 Å². The van der Waals surface area contributed by atoms with Gasteiger partial charge in [0.15, 0.2) is 11.2 Å². The van der Waals surface area contributed by atoms with Crippen molar-refractivity contribution in [1.29, 1.82) is 0 Å². The minimum absolute atomic E-state index is 0.0830. The molecular formula is C19H17N5O3. The van der Waals surface area contributed by atoms with Gasteiger partial charge in [-0.1, -0.05) is 44.2 Å². The van der Waals surface area contributed by atoms with E-state index < -0.39 is 17.6 Å². The molecule has 0 saturated heterocycles. The van der Waals surface area contributed by atoms with Crippen molar-refractivity contribution in [3.8, 4) is 11.1 Å². The summed E-state index contributed by atoms with van der Waals surface area (Å²) in [6, 6.07) is 10.3. The van der Waals surface area contributed by atoms with Gasteiger partial charge in [-0.3, -0.25) is 9.36 Å². The third kappa shape index (κ3) is 2.66. The van der Waals surface area contributed by atoms with E-state index in [0.717, 1.165) is 11.1 Å². The lowest BCUT2D eigenvalue weighted by molar-refractivity contribution is -0.142. The van der Waals surface area contributed by atoms with Gasteiger partial charge < -0.3 is 5.11 Å². The van der Waals surface area contributed by atoms with Gasteiger partial charge >= 0.3 is 5.97 Å². The number of nitrogens with zero attached hydrogens (tertiary/aromatic N) is 5. The van der Waals surface area contributed by atoms with Crippen molar-refractivity contribution in [1.82, 2.24) is 24.4 Å². The average Bonchev–Trinajstić information content (AvgIpc) is 3.08. The number of carbonyl (C=O) groups is 1. The summed E-state index contributed by atoms with van der Waals surface area (Å²) < 4.78 is 2.75. The molecule has 0 aliphatic rings. The predicted octanol–water partition coefficient (Wildman–Crippen LogP) is 2.39. The fraction of sp³-hybridized carbons (Fsp3) is 0.211. The zero-order valence-corrected chi connectivity index (χ0v) is 14.8. The first-order chi connectivity index (χ1) is 13.0. The summed E-state index contributed by atoms with van der Waals surface area (Å²) in [6.45, 7) is 3.51. The van der Waals surface area contributed by atoms with Gasteiger partial charge in [0, 0.05) is 11.8 Å². The zero-order chi connectivity index (χ0) is 19.1. The van der Waals surface area contributed by atoms with Gasteiger partial charge in [0.2, 0.25) is 0 Å². The Hall–Kier alpha value is -3.55. The Balaban J connectivity index is 1.95. The number of carboxylic acids is 1. The fourth-order valence-electron chi connectivity index (χ4n) is 3.27. The van der Waals surface area contributed by atoms with Gasteiger partial charge in [0.1, 0.15) is 11.6 Å². The van der Waals surface area contributed by atoms with Crippen LogP contribution >= 0.6 is 0 Å². The Morgan fingerprint density at radius 2 is 1.85 bits per heavy atom. The Bertz CT molecular complexity index is 1210. The van der Waals surface area contributed by atoms with Crippen LogP contribution in [0.25, 0.3) is 27.8 Å². The fourth-order valence-corrected chi connectivity index (χ4v) is 3.27. The van der Waals surface area contributed by atoms with Gasteiger partial charge in [-0.05, 0) is 17.5 Å². The summed E-state index contributed by atoms with van der Waals surface area (Å²) in [5.74, 6) is -1.32. The van der Waals surface area contributed by atoms with Crippen LogP contribution in [0.4, 0.5) is 0 Å². The van der Waals surface area contributed by atoms with Crippen LogP contribution in [0.2, 0.25) is 0 Å². The highest BCUT2D eigenvalue weighted by molar-refractivity contribution is 5.83. The maximum absolute atomic E-state index is 12.9. The van der Waals surface area contributed by atoms with E-state index in [9.17, 15) is 14.7 Å². The Morgan fingerprint density at radius 1 is 1.11 bits per heavy atom. The first-order valence-electron chi connectivity index (χ1n) is 8.52. The molecule has 1 aromatic carbocycles. The first kappa shape index (κ1) is 16.9. The monoisotopic (exact) mass is 363 g/mol. The van der Waals surface area contributed by atoms with Crippen LogP contribution in [0, 0.1) is 5.92 Å². The van der Waals surface area contributed by atoms with Crippen LogP contribution in [0.1, 0.15) is 19.9 Å². The summed E-state index contributed by atoms with van der Waals surface area (Å²) in [7, 11) is 0. The summed E-state index contributed by atoms with van der Waals surface area (Å²) in [4.78, 5) is 24.4. The second kappa shape index (κ2) is 6.31. The van der Waals surface area contributed by atoms with Crippen molar-refractivity contribution in [3.63, 3.8) is 0 Å². The summed E-state index contributed by atoms with van der Waals surface area (Å²) >= 11 is 0. The van der Waals surface area contributed by atoms with E-state index in [4.69, 9.17) is 0 Å². The highest BCUT2D eigenvalue weighted by Crippen LogP contribution is 2.24. The smallest absolute Gasteiger partial charge is 0.327 e. The molecule has 8 nitrogen and oxygen atoms in total. The normalized spacial score (nSPS) is 12.7. The minimum Gasteiger partial charge on any atom is -0.480 e. The van der Waals surface area contributed by atoms with E-state index >= 15 is 0 Å². The highest BCUT2D eigenvalue weighted by Gasteiger charge is 2.26. The lowest BCUT2D eigenvalue weighted by Crippen LogP contribution is -2.33. The molecule has 136 valence electrons. The van der Waals surface area contributed by atoms with Crippen LogP contribution in [0.5, 0.6) is 0 Å². The molecule has 0 fully saturated rings. The highest BCUT2D eigenvalue weighted by atomic mass is 16.4. The second-order valence-electron chi connectivity index (χ2n) is 6.65. The molecule has 4 rings (SSSR count). The molecule has 0 aliphatic carbocycles. The van der Waals surface area contributed by atoms with Crippen LogP contribution in [-0.4, -0.2) is 35.5 Å². The van der Waals surface area contributed by atoms with Crippen LogP contribution in [0.3, 0.4) is 0 Å². The third-order valence-electron chi connectivity index (χ3n) is 4.56. The molecule has 0 bridgehead atoms. The molecule has 3 aromatic heterocycles. The third-order valence-corrected chi connectivity index (χ3v) is 4.56. The largest absolute Gasteiger partial charge is 0.480 e. The number of hydrogen-bond acceptors (Lipinski definition) is 5. The number of hydrogen-bond donors (Lipinski definition) is 1. The lowest BCUT2D eigenvalue weighted by atomic mass is 10.0. The van der Waals surface area contributed by atoms with Crippen LogP contribution < -0.4 is 5.56 Å². The van der Waals surface area contributed by atoms with Crippen molar-refractivity contribution in [2.24, 2.45) is 5.92 Å². The van der Waals surface area contributed by atoms with E-state index in [0.29, 0.717) is 11.2 Å². The number of pyridine rings is 1. The van der Waals surface area contributed by atoms with Crippen molar-refractivity contribution in [2.45, 2.75) is 19.9 Å². The van der Waals surface area contributed by atoms with Gasteiger partial charge in [0.25, 0.3) is 5.56 Å². The first-order valence-corrected chi connectivity index (χ1v) is 8.52. The maximum Gasteiger partial charge on any atom is 0.327 e. The number of carboxylic acid groups (broad SMARTS) is 1. The number of aliphatic carboxylic acids is 1. The molecule has 1 N–H and O–H groups in total. The second-order valence-corrected chi connectivity index (χ2v) is 6.65. The topological polar surface area (TPSA) is 102 Å². The molecule has 0 spiro atoms. The van der Waals surface area contributed by atoms with Crippen molar-refractivity contribution in [2.75, 3.05) is 0 Å². The standard InChI is InChI=1S/C19H17N5O3/c1-11(2)16(19(26)27)23-9-8-14-15(18(23)25)21-22-17-13(10-20-24(14)17)12-6-4-3-5-7-12/h3-11,16H,1-2H3,(H,26,27)/t16-/m1/s1. The molecular weight excluding hydrogens is 346 g/mol. The predicted molar refractivity (Wildman–Crippen MR) is 99.5 cm³/mol. The summed E-state index contributed by atoms with van der Waals surface area (Å²) in [6.07, 6.45) is 3.16. The lowest BCUT2D eigenvalue weighted by Gasteiger charge is -2.19. The molecule has 1 atom stereocenters. The van der Waals surface area contributed by atoms with Crippen molar-refractivity contribution < 1.29 is 9.90 Å². The van der Waals surface area contributed by atoms with Crippen LogP contribution in [0.15, 0.2) is 53.6 Å². The van der Waals surface area contributed by atoms with Gasteiger partial charge in [-0.15, -0.1) is 10.2 Å². The van der Waals surface area contributed by atoms with E-state index in [-0.39, 0.29) is 11.4 Å². The zero-order valence-electron chi connectivity index (χ0n) is 14.8. The molecule has 27 heavy (non-hydrogen) atoms. The molecule has 0 aliphatic heterocycles. The van der Waals surface area contributed by atoms with E-state index in [1.165, 1.54) is 10.8 Å². The summed E-state index contributed by atoms with van der Waals surface area (Å²) in [5, 5.41) is 22.1. The Morgan fingerprint density at radius 3 is 2.52 bits per heavy atom. The molecule has 8 heteroatoms. The molecule has 3 heterocycles. The molecule has 0 radical (unpaired) electrons. The van der Waals surface area contributed by atoms with E-state index in [1.54, 1.807) is 30.6 Å². The molecule has 0 saturated carbocycles. The van der Waals surface area contributed by atoms with Gasteiger partial charge in [-0.25, -0.2) is 9.31 Å². The quantitative estimate of drug-likeness (QED) is 0.597. The molecule has 0 amide bonds. The Labute approximate surface area is 153 Å². The maximum atomic E-state index is 12.9. The minimum atomic E-state index is -1.06. The number of aromatic nitrogens is 5. The van der Waals surface area contributed by atoms with Crippen molar-refractivity contribution in [3.05, 3.63) is 59.1 Å².